The van der Waals surface area contributed by atoms with Crippen molar-refractivity contribution in [2.45, 2.75) is 18.8 Å². The zero-order valence-electron chi connectivity index (χ0n) is 6.73. The first-order chi connectivity index (χ1) is 5.90. The zero-order valence-corrected chi connectivity index (χ0v) is 6.73. The molecule has 0 rings (SSSR count). The van der Waals surface area contributed by atoms with Crippen molar-refractivity contribution in [3.8, 4) is 0 Å². The predicted molar refractivity (Wildman–Crippen MR) is 33.9 cm³/mol. The van der Waals surface area contributed by atoms with Crippen LogP contribution in [0.15, 0.2) is 0 Å². The fourth-order valence-corrected chi connectivity index (χ4v) is 0.438. The van der Waals surface area contributed by atoms with E-state index in [2.05, 4.69) is 9.47 Å². The molecule has 7 heteroatoms. The first-order valence-electron chi connectivity index (χ1n) is 3.27. The van der Waals surface area contributed by atoms with Crippen molar-refractivity contribution in [3.63, 3.8) is 0 Å². The highest BCUT2D eigenvalue weighted by Gasteiger charge is 2.40. The third-order valence-corrected chi connectivity index (χ3v) is 1.14. The van der Waals surface area contributed by atoms with Crippen LogP contribution in [-0.2, 0) is 9.47 Å². The van der Waals surface area contributed by atoms with Gasteiger partial charge in [0.25, 0.3) is 0 Å². The second kappa shape index (κ2) is 4.88. The third kappa shape index (κ3) is 4.54. The SMILES string of the molecule is COC(=O)OCCC(F)(F)C(F)F. The van der Waals surface area contributed by atoms with Gasteiger partial charge in [-0.15, -0.1) is 0 Å². The minimum Gasteiger partial charge on any atom is -0.438 e. The maximum Gasteiger partial charge on any atom is 0.507 e. The Labute approximate surface area is 71.6 Å². The number of carbonyl (C=O) groups excluding carboxylic acids is 1. The summed E-state index contributed by atoms with van der Waals surface area (Å²) in [7, 11) is 0.980. The van der Waals surface area contributed by atoms with Crippen LogP contribution < -0.4 is 0 Å². The number of halogens is 4. The molecule has 0 aromatic carbocycles. The summed E-state index contributed by atoms with van der Waals surface area (Å²) in [5.74, 6) is -4.13. The molecule has 0 aromatic heterocycles. The number of rotatable bonds is 4. The molecule has 0 spiro atoms. The van der Waals surface area contributed by atoms with Gasteiger partial charge in [0.1, 0.15) is 6.61 Å². The number of hydrogen-bond acceptors (Lipinski definition) is 3. The Bertz CT molecular complexity index is 171. The first kappa shape index (κ1) is 12.0. The quantitative estimate of drug-likeness (QED) is 0.519. The number of methoxy groups -OCH3 is 1. The summed E-state index contributed by atoms with van der Waals surface area (Å²) in [6.45, 7) is -0.802. The van der Waals surface area contributed by atoms with Gasteiger partial charge in [0, 0.05) is 0 Å². The highest BCUT2D eigenvalue weighted by atomic mass is 19.3. The molecule has 0 aliphatic rings. The van der Waals surface area contributed by atoms with Crippen LogP contribution in [-0.4, -0.2) is 32.2 Å². The Balaban J connectivity index is 3.70. The van der Waals surface area contributed by atoms with Gasteiger partial charge in [-0.25, -0.2) is 22.4 Å². The highest BCUT2D eigenvalue weighted by molar-refractivity contribution is 5.59. The van der Waals surface area contributed by atoms with Crippen LogP contribution in [0.2, 0.25) is 0 Å². The molecule has 0 heterocycles. The minimum atomic E-state index is -4.13. The monoisotopic (exact) mass is 204 g/mol. The minimum absolute atomic E-state index is 0.802. The summed E-state index contributed by atoms with van der Waals surface area (Å²) >= 11 is 0. The highest BCUT2D eigenvalue weighted by Crippen LogP contribution is 2.26. The maximum absolute atomic E-state index is 12.1. The molecule has 3 nitrogen and oxygen atoms in total. The van der Waals surface area contributed by atoms with E-state index in [0.717, 1.165) is 7.11 Å². The van der Waals surface area contributed by atoms with E-state index in [1.807, 2.05) is 0 Å². The van der Waals surface area contributed by atoms with E-state index in [9.17, 15) is 22.4 Å². The summed E-state index contributed by atoms with van der Waals surface area (Å²) in [4.78, 5) is 10.2. The van der Waals surface area contributed by atoms with Gasteiger partial charge in [-0.3, -0.25) is 0 Å². The molecule has 0 atom stereocenters. The number of carbonyl (C=O) groups is 1. The Morgan fingerprint density at radius 1 is 1.46 bits per heavy atom. The average Bonchev–Trinajstić information content (AvgIpc) is 2.03. The Kier molecular flexibility index (Phi) is 4.50. The lowest BCUT2D eigenvalue weighted by atomic mass is 10.2. The Hall–Kier alpha value is -1.01. The molecule has 13 heavy (non-hydrogen) atoms. The largest absolute Gasteiger partial charge is 0.507 e. The van der Waals surface area contributed by atoms with Gasteiger partial charge in [0.15, 0.2) is 0 Å². The molecule has 0 fully saturated rings. The van der Waals surface area contributed by atoms with Gasteiger partial charge in [-0.2, -0.15) is 0 Å². The van der Waals surface area contributed by atoms with Crippen molar-refractivity contribution in [3.05, 3.63) is 0 Å². The van der Waals surface area contributed by atoms with Crippen LogP contribution in [0.25, 0.3) is 0 Å². The van der Waals surface area contributed by atoms with E-state index in [1.165, 1.54) is 0 Å². The lowest BCUT2D eigenvalue weighted by Gasteiger charge is -2.14. The first-order valence-corrected chi connectivity index (χ1v) is 3.27. The summed E-state index contributed by atoms with van der Waals surface area (Å²) in [6, 6.07) is 0. The van der Waals surface area contributed by atoms with E-state index >= 15 is 0 Å². The molecular weight excluding hydrogens is 196 g/mol. The standard InChI is InChI=1S/C6H8F4O3/c1-12-5(11)13-3-2-6(9,10)4(7)8/h4H,2-3H2,1H3. The topological polar surface area (TPSA) is 35.5 Å². The Morgan fingerprint density at radius 3 is 2.38 bits per heavy atom. The Morgan fingerprint density at radius 2 is 2.00 bits per heavy atom. The van der Waals surface area contributed by atoms with Crippen LogP contribution in [0.1, 0.15) is 6.42 Å². The zero-order chi connectivity index (χ0) is 10.5. The van der Waals surface area contributed by atoms with E-state index in [4.69, 9.17) is 0 Å². The van der Waals surface area contributed by atoms with Crippen LogP contribution in [0.4, 0.5) is 22.4 Å². The van der Waals surface area contributed by atoms with Gasteiger partial charge < -0.3 is 9.47 Å². The number of ether oxygens (including phenoxy) is 2. The average molecular weight is 204 g/mol. The second-order valence-electron chi connectivity index (χ2n) is 2.11. The van der Waals surface area contributed by atoms with Crippen molar-refractivity contribution in [1.82, 2.24) is 0 Å². The van der Waals surface area contributed by atoms with Crippen LogP contribution in [0, 0.1) is 0 Å². The molecule has 0 saturated carbocycles. The molecule has 78 valence electrons. The van der Waals surface area contributed by atoms with Crippen LogP contribution >= 0.6 is 0 Å². The van der Waals surface area contributed by atoms with Crippen molar-refractivity contribution in [1.29, 1.82) is 0 Å². The lowest BCUT2D eigenvalue weighted by Crippen LogP contribution is -2.28. The molecule has 0 aromatic rings. The van der Waals surface area contributed by atoms with Crippen molar-refractivity contribution in [2.24, 2.45) is 0 Å². The van der Waals surface area contributed by atoms with Gasteiger partial charge >= 0.3 is 18.5 Å². The molecule has 0 amide bonds. The fourth-order valence-electron chi connectivity index (χ4n) is 0.438. The molecule has 0 bridgehead atoms. The van der Waals surface area contributed by atoms with Gasteiger partial charge in [-0.1, -0.05) is 0 Å². The van der Waals surface area contributed by atoms with Crippen LogP contribution in [0.3, 0.4) is 0 Å². The molecule has 0 radical (unpaired) electrons. The lowest BCUT2D eigenvalue weighted by molar-refractivity contribution is -0.139. The molecule has 0 aliphatic carbocycles. The summed E-state index contributed by atoms with van der Waals surface area (Å²) in [5, 5.41) is 0. The van der Waals surface area contributed by atoms with E-state index in [1.54, 1.807) is 0 Å². The van der Waals surface area contributed by atoms with E-state index < -0.39 is 31.5 Å². The summed E-state index contributed by atoms with van der Waals surface area (Å²) in [6.07, 6.45) is -6.15. The van der Waals surface area contributed by atoms with Crippen molar-refractivity contribution < 1.29 is 31.8 Å². The van der Waals surface area contributed by atoms with Gasteiger partial charge in [0.2, 0.25) is 0 Å². The van der Waals surface area contributed by atoms with Gasteiger partial charge in [0.05, 0.1) is 13.5 Å². The summed E-state index contributed by atoms with van der Waals surface area (Å²) in [5.41, 5.74) is 0. The normalized spacial score (nSPS) is 11.5. The van der Waals surface area contributed by atoms with Crippen molar-refractivity contribution in [2.75, 3.05) is 13.7 Å². The number of hydrogen-bond donors (Lipinski definition) is 0. The van der Waals surface area contributed by atoms with E-state index in [0.29, 0.717) is 0 Å². The molecular formula is C6H8F4O3. The molecule has 0 saturated heterocycles. The maximum atomic E-state index is 12.1. The number of alkyl halides is 4. The molecule has 0 unspecified atom stereocenters. The smallest absolute Gasteiger partial charge is 0.438 e. The van der Waals surface area contributed by atoms with Crippen LogP contribution in [0.5, 0.6) is 0 Å². The molecule has 0 aliphatic heterocycles. The van der Waals surface area contributed by atoms with E-state index in [-0.39, 0.29) is 0 Å². The summed E-state index contributed by atoms with van der Waals surface area (Å²) < 4.78 is 55.2. The third-order valence-electron chi connectivity index (χ3n) is 1.14. The predicted octanol–water partition coefficient (Wildman–Crippen LogP) is 2.06. The van der Waals surface area contributed by atoms with Crippen molar-refractivity contribution >= 4 is 6.16 Å². The fraction of sp³-hybridized carbons (Fsp3) is 0.833. The molecule has 0 N–H and O–H groups in total. The van der Waals surface area contributed by atoms with Gasteiger partial charge in [-0.05, 0) is 0 Å². The second-order valence-corrected chi connectivity index (χ2v) is 2.11.